The third kappa shape index (κ3) is 4.07. The molecule has 0 aliphatic heterocycles. The van der Waals surface area contributed by atoms with Crippen LogP contribution in [0.5, 0.6) is 0 Å². The maximum absolute atomic E-state index is 12.5. The summed E-state index contributed by atoms with van der Waals surface area (Å²) in [5.41, 5.74) is -1.06. The Morgan fingerprint density at radius 3 is 2.38 bits per heavy atom. The number of aromatic carboxylic acids is 1. The summed E-state index contributed by atoms with van der Waals surface area (Å²) in [6, 6.07) is 1.85. The van der Waals surface area contributed by atoms with E-state index in [0.717, 1.165) is 17.0 Å². The van der Waals surface area contributed by atoms with Crippen LogP contribution in [0.2, 0.25) is 0 Å². The second kappa shape index (κ2) is 5.98. The zero-order chi connectivity index (χ0) is 16.4. The van der Waals surface area contributed by atoms with Crippen LogP contribution < -0.4 is 4.90 Å². The maximum atomic E-state index is 12.5. The highest BCUT2D eigenvalue weighted by atomic mass is 19.4. The van der Waals surface area contributed by atoms with Crippen LogP contribution in [-0.4, -0.2) is 35.3 Å². The number of nitro groups is 1. The van der Waals surface area contributed by atoms with Gasteiger partial charge in [-0.3, -0.25) is 10.1 Å². The molecule has 21 heavy (non-hydrogen) atoms. The normalized spacial score (nSPS) is 11.3. The summed E-state index contributed by atoms with van der Waals surface area (Å²) < 4.78 is 37.6. The van der Waals surface area contributed by atoms with E-state index in [1.807, 2.05) is 0 Å². The van der Waals surface area contributed by atoms with Crippen LogP contribution in [-0.2, 0) is 0 Å². The van der Waals surface area contributed by atoms with Gasteiger partial charge in [0.25, 0.3) is 5.69 Å². The molecule has 0 saturated carbocycles. The van der Waals surface area contributed by atoms with Gasteiger partial charge in [0.15, 0.2) is 0 Å². The zero-order valence-corrected chi connectivity index (χ0v) is 11.3. The van der Waals surface area contributed by atoms with Crippen LogP contribution in [0.1, 0.15) is 22.8 Å². The molecule has 116 valence electrons. The summed E-state index contributed by atoms with van der Waals surface area (Å²) in [6.07, 6.45) is -4.50. The van der Waals surface area contributed by atoms with E-state index < -0.39 is 34.9 Å². The average molecular weight is 306 g/mol. The molecule has 0 unspecified atom stereocenters. The number of benzene rings is 1. The van der Waals surface area contributed by atoms with Gasteiger partial charge in [-0.1, -0.05) is 0 Å². The van der Waals surface area contributed by atoms with Crippen molar-refractivity contribution in [3.63, 3.8) is 0 Å². The van der Waals surface area contributed by atoms with Gasteiger partial charge in [0, 0.05) is 18.3 Å². The van der Waals surface area contributed by atoms with Crippen molar-refractivity contribution in [3.8, 4) is 0 Å². The zero-order valence-electron chi connectivity index (χ0n) is 11.3. The number of nitro benzene ring substituents is 1. The Hall–Kier alpha value is -2.32. The van der Waals surface area contributed by atoms with Gasteiger partial charge < -0.3 is 10.0 Å². The maximum Gasteiger partial charge on any atom is 0.405 e. The van der Waals surface area contributed by atoms with Crippen LogP contribution in [0, 0.1) is 17.0 Å². The molecule has 0 radical (unpaired) electrons. The first kappa shape index (κ1) is 16.7. The molecule has 0 aromatic heterocycles. The molecular weight excluding hydrogens is 293 g/mol. The molecule has 0 bridgehead atoms. The lowest BCUT2D eigenvalue weighted by atomic mass is 10.1. The molecule has 0 aliphatic carbocycles. The highest BCUT2D eigenvalue weighted by Crippen LogP contribution is 2.32. The van der Waals surface area contributed by atoms with E-state index in [2.05, 4.69) is 0 Å². The highest BCUT2D eigenvalue weighted by molar-refractivity contribution is 5.90. The third-order valence-corrected chi connectivity index (χ3v) is 2.89. The van der Waals surface area contributed by atoms with Crippen molar-refractivity contribution in [1.82, 2.24) is 0 Å². The van der Waals surface area contributed by atoms with Crippen molar-refractivity contribution in [2.45, 2.75) is 20.0 Å². The smallest absolute Gasteiger partial charge is 0.405 e. The Morgan fingerprint density at radius 2 is 2.00 bits per heavy atom. The Labute approximate surface area is 117 Å². The minimum absolute atomic E-state index is 0.00361. The summed E-state index contributed by atoms with van der Waals surface area (Å²) in [5.74, 6) is -1.44. The number of anilines is 1. The second-order valence-electron chi connectivity index (χ2n) is 4.33. The molecule has 1 N–H and O–H groups in total. The summed E-state index contributed by atoms with van der Waals surface area (Å²) in [5, 5.41) is 19.8. The van der Waals surface area contributed by atoms with Crippen molar-refractivity contribution in [1.29, 1.82) is 0 Å². The Morgan fingerprint density at radius 1 is 1.43 bits per heavy atom. The van der Waals surface area contributed by atoms with E-state index in [-0.39, 0.29) is 17.8 Å². The molecule has 0 saturated heterocycles. The first-order valence-electron chi connectivity index (χ1n) is 5.90. The number of rotatable bonds is 5. The molecule has 0 spiro atoms. The molecule has 0 atom stereocenters. The van der Waals surface area contributed by atoms with E-state index >= 15 is 0 Å². The predicted octanol–water partition coefficient (Wildman–Crippen LogP) is 2.99. The number of hydrogen-bond donors (Lipinski definition) is 1. The predicted molar refractivity (Wildman–Crippen MR) is 68.7 cm³/mol. The average Bonchev–Trinajstić information content (AvgIpc) is 2.34. The van der Waals surface area contributed by atoms with Gasteiger partial charge in [0.05, 0.1) is 16.1 Å². The molecule has 0 fully saturated rings. The first-order chi connectivity index (χ1) is 9.56. The lowest BCUT2D eigenvalue weighted by Crippen LogP contribution is -2.34. The van der Waals surface area contributed by atoms with Gasteiger partial charge in [0.2, 0.25) is 0 Å². The molecule has 6 nitrogen and oxygen atoms in total. The monoisotopic (exact) mass is 306 g/mol. The van der Waals surface area contributed by atoms with Crippen molar-refractivity contribution in [2.24, 2.45) is 0 Å². The van der Waals surface area contributed by atoms with E-state index in [1.54, 1.807) is 0 Å². The van der Waals surface area contributed by atoms with E-state index in [9.17, 15) is 28.1 Å². The fourth-order valence-corrected chi connectivity index (χ4v) is 1.91. The molecule has 9 heteroatoms. The van der Waals surface area contributed by atoms with Crippen LogP contribution >= 0.6 is 0 Å². The Kier molecular flexibility index (Phi) is 4.77. The molecule has 0 amide bonds. The van der Waals surface area contributed by atoms with E-state index in [4.69, 9.17) is 5.11 Å². The molecule has 1 aromatic rings. The quantitative estimate of drug-likeness (QED) is 0.668. The number of alkyl halides is 3. The molecule has 0 aliphatic rings. The van der Waals surface area contributed by atoms with Gasteiger partial charge in [-0.25, -0.2) is 4.79 Å². The number of carboxylic acid groups (broad SMARTS) is 1. The van der Waals surface area contributed by atoms with Gasteiger partial charge >= 0.3 is 12.1 Å². The number of nitrogens with zero attached hydrogens (tertiary/aromatic N) is 2. The van der Waals surface area contributed by atoms with Crippen LogP contribution in [0.15, 0.2) is 12.1 Å². The van der Waals surface area contributed by atoms with Gasteiger partial charge in [-0.2, -0.15) is 13.2 Å². The summed E-state index contributed by atoms with van der Waals surface area (Å²) >= 11 is 0. The minimum atomic E-state index is -4.50. The van der Waals surface area contributed by atoms with Crippen molar-refractivity contribution >= 4 is 17.3 Å². The Bertz CT molecular complexity index is 572. The topological polar surface area (TPSA) is 83.7 Å². The number of carbonyl (C=O) groups is 1. The van der Waals surface area contributed by atoms with Crippen molar-refractivity contribution in [2.75, 3.05) is 18.0 Å². The molecule has 0 heterocycles. The molecule has 1 aromatic carbocycles. The number of hydrogen-bond acceptors (Lipinski definition) is 4. The highest BCUT2D eigenvalue weighted by Gasteiger charge is 2.32. The van der Waals surface area contributed by atoms with E-state index in [0.29, 0.717) is 0 Å². The fourth-order valence-electron chi connectivity index (χ4n) is 1.91. The largest absolute Gasteiger partial charge is 0.478 e. The third-order valence-electron chi connectivity index (χ3n) is 2.89. The fraction of sp³-hybridized carbons (Fsp3) is 0.417. The second-order valence-corrected chi connectivity index (χ2v) is 4.33. The van der Waals surface area contributed by atoms with Gasteiger partial charge in [-0.05, 0) is 19.9 Å². The summed E-state index contributed by atoms with van der Waals surface area (Å²) in [7, 11) is 0. The van der Waals surface area contributed by atoms with Gasteiger partial charge in [0.1, 0.15) is 6.54 Å². The van der Waals surface area contributed by atoms with Crippen LogP contribution in [0.25, 0.3) is 0 Å². The van der Waals surface area contributed by atoms with Gasteiger partial charge in [-0.15, -0.1) is 0 Å². The van der Waals surface area contributed by atoms with Crippen LogP contribution in [0.4, 0.5) is 24.5 Å². The molecule has 1 rings (SSSR count). The number of carboxylic acids is 1. The number of halogens is 3. The van der Waals surface area contributed by atoms with Crippen LogP contribution in [0.3, 0.4) is 0 Å². The lowest BCUT2D eigenvalue weighted by molar-refractivity contribution is -0.385. The van der Waals surface area contributed by atoms with Crippen molar-refractivity contribution in [3.05, 3.63) is 33.4 Å². The SMILES string of the molecule is CCN(CC(F)(F)F)c1cc(C(=O)O)cc([N+](=O)[O-])c1C. The Balaban J connectivity index is 3.45. The van der Waals surface area contributed by atoms with Crippen molar-refractivity contribution < 1.29 is 28.0 Å². The standard InChI is InChI=1S/C12H13F3N2O4/c1-3-16(6-12(13,14)15)9-4-8(11(18)19)5-10(7(9)2)17(20)21/h4-5H,3,6H2,1-2H3,(H,18,19). The summed E-state index contributed by atoms with van der Waals surface area (Å²) in [4.78, 5) is 21.9. The first-order valence-corrected chi connectivity index (χ1v) is 5.90. The minimum Gasteiger partial charge on any atom is -0.478 e. The lowest BCUT2D eigenvalue weighted by Gasteiger charge is -2.26. The molecular formula is C12H13F3N2O4. The summed E-state index contributed by atoms with van der Waals surface area (Å²) in [6.45, 7) is 1.35. The van der Waals surface area contributed by atoms with E-state index in [1.165, 1.54) is 13.8 Å².